The Labute approximate surface area is 82.2 Å². The molecular formula is C10H24N2O. The Morgan fingerprint density at radius 2 is 2.00 bits per heavy atom. The molecule has 0 amide bonds. The lowest BCUT2D eigenvalue weighted by Crippen LogP contribution is -2.31. The molecule has 0 aromatic carbocycles. The predicted octanol–water partition coefficient (Wildman–Crippen LogP) is 1.08. The van der Waals surface area contributed by atoms with Gasteiger partial charge in [0.2, 0.25) is 0 Å². The highest BCUT2D eigenvalue weighted by atomic mass is 16.5. The van der Waals surface area contributed by atoms with Gasteiger partial charge in [0.15, 0.2) is 0 Å². The molecule has 1 atom stereocenters. The average molecular weight is 188 g/mol. The first-order valence-electron chi connectivity index (χ1n) is 5.23. The molecule has 0 aliphatic rings. The first-order valence-corrected chi connectivity index (χ1v) is 5.23. The van der Waals surface area contributed by atoms with E-state index in [4.69, 9.17) is 10.5 Å². The molecule has 0 spiro atoms. The van der Waals surface area contributed by atoms with E-state index < -0.39 is 0 Å². The zero-order chi connectivity index (χ0) is 10.1. The Hall–Kier alpha value is -0.120. The van der Waals surface area contributed by atoms with Gasteiger partial charge in [0.1, 0.15) is 0 Å². The zero-order valence-corrected chi connectivity index (χ0v) is 9.25. The molecule has 2 N–H and O–H groups in total. The maximum Gasteiger partial charge on any atom is 0.0705 e. The molecule has 80 valence electrons. The normalized spacial score (nSPS) is 13.6. The third-order valence-corrected chi connectivity index (χ3v) is 2.35. The van der Waals surface area contributed by atoms with E-state index in [0.717, 1.165) is 19.5 Å². The first-order chi connectivity index (χ1) is 6.28. The second-order valence-electron chi connectivity index (χ2n) is 3.32. The molecule has 3 nitrogen and oxygen atoms in total. The maximum atomic E-state index is 5.54. The van der Waals surface area contributed by atoms with E-state index >= 15 is 0 Å². The van der Waals surface area contributed by atoms with Gasteiger partial charge in [-0.1, -0.05) is 13.8 Å². The lowest BCUT2D eigenvalue weighted by molar-refractivity contribution is 0.0901. The third kappa shape index (κ3) is 6.02. The molecule has 0 heterocycles. The highest BCUT2D eigenvalue weighted by Crippen LogP contribution is 1.99. The van der Waals surface area contributed by atoms with Crippen LogP contribution in [0.2, 0.25) is 0 Å². The second kappa shape index (κ2) is 8.48. The Kier molecular flexibility index (Phi) is 8.40. The van der Waals surface area contributed by atoms with Gasteiger partial charge in [-0.15, -0.1) is 0 Å². The molecule has 0 radical (unpaired) electrons. The number of hydrogen-bond acceptors (Lipinski definition) is 3. The third-order valence-electron chi connectivity index (χ3n) is 2.35. The Balaban J connectivity index is 3.56. The summed E-state index contributed by atoms with van der Waals surface area (Å²) in [5.41, 5.74) is 5.54. The van der Waals surface area contributed by atoms with Crippen LogP contribution < -0.4 is 5.73 Å². The summed E-state index contributed by atoms with van der Waals surface area (Å²) in [5.74, 6) is 0. The van der Waals surface area contributed by atoms with Gasteiger partial charge < -0.3 is 15.4 Å². The molecule has 0 aromatic rings. The van der Waals surface area contributed by atoms with Crippen LogP contribution >= 0.6 is 0 Å². The number of rotatable bonds is 8. The Bertz CT molecular complexity index is 105. The van der Waals surface area contributed by atoms with Gasteiger partial charge in [-0.3, -0.25) is 0 Å². The fourth-order valence-electron chi connectivity index (χ4n) is 1.40. The molecule has 0 bridgehead atoms. The highest BCUT2D eigenvalue weighted by molar-refractivity contribution is 4.62. The fraction of sp³-hybridized carbons (Fsp3) is 1.00. The van der Waals surface area contributed by atoms with Crippen molar-refractivity contribution in [1.82, 2.24) is 4.90 Å². The Morgan fingerprint density at radius 1 is 1.31 bits per heavy atom. The molecule has 0 aliphatic heterocycles. The van der Waals surface area contributed by atoms with Crippen LogP contribution in [0.15, 0.2) is 0 Å². The van der Waals surface area contributed by atoms with E-state index in [1.54, 1.807) is 7.11 Å². The van der Waals surface area contributed by atoms with Gasteiger partial charge in [-0.05, 0) is 25.9 Å². The molecule has 0 rings (SSSR count). The summed E-state index contributed by atoms with van der Waals surface area (Å²) >= 11 is 0. The predicted molar refractivity (Wildman–Crippen MR) is 56.9 cm³/mol. The van der Waals surface area contributed by atoms with Gasteiger partial charge in [-0.2, -0.15) is 0 Å². The quantitative estimate of drug-likeness (QED) is 0.619. The van der Waals surface area contributed by atoms with Crippen molar-refractivity contribution in [1.29, 1.82) is 0 Å². The smallest absolute Gasteiger partial charge is 0.0705 e. The SMILES string of the molecule is CCCN(CC)CCC(CN)OC. The van der Waals surface area contributed by atoms with Crippen molar-refractivity contribution in [3.8, 4) is 0 Å². The molecule has 0 aliphatic carbocycles. The molecule has 13 heavy (non-hydrogen) atoms. The van der Waals surface area contributed by atoms with Crippen LogP contribution in [-0.4, -0.2) is 44.3 Å². The van der Waals surface area contributed by atoms with Gasteiger partial charge in [0.25, 0.3) is 0 Å². The van der Waals surface area contributed by atoms with E-state index in [1.165, 1.54) is 13.0 Å². The van der Waals surface area contributed by atoms with Gasteiger partial charge >= 0.3 is 0 Å². The highest BCUT2D eigenvalue weighted by Gasteiger charge is 2.07. The summed E-state index contributed by atoms with van der Waals surface area (Å²) in [5, 5.41) is 0. The van der Waals surface area contributed by atoms with Crippen LogP contribution in [-0.2, 0) is 4.74 Å². The van der Waals surface area contributed by atoms with Crippen molar-refractivity contribution < 1.29 is 4.74 Å². The average Bonchev–Trinajstić information content (AvgIpc) is 2.17. The molecular weight excluding hydrogens is 164 g/mol. The van der Waals surface area contributed by atoms with Gasteiger partial charge in [0, 0.05) is 20.2 Å². The summed E-state index contributed by atoms with van der Waals surface area (Å²) in [6, 6.07) is 0. The van der Waals surface area contributed by atoms with E-state index in [0.29, 0.717) is 6.54 Å². The minimum absolute atomic E-state index is 0.228. The standard InChI is InChI=1S/C10H24N2O/c1-4-7-12(5-2)8-6-10(9-11)13-3/h10H,4-9,11H2,1-3H3. The minimum atomic E-state index is 0.228. The van der Waals surface area contributed by atoms with Crippen LogP contribution in [0.4, 0.5) is 0 Å². The summed E-state index contributed by atoms with van der Waals surface area (Å²) < 4.78 is 5.22. The Morgan fingerprint density at radius 3 is 2.38 bits per heavy atom. The number of methoxy groups -OCH3 is 1. The van der Waals surface area contributed by atoms with Crippen molar-refractivity contribution in [3.05, 3.63) is 0 Å². The fourth-order valence-corrected chi connectivity index (χ4v) is 1.40. The van der Waals surface area contributed by atoms with E-state index in [1.807, 2.05) is 0 Å². The van der Waals surface area contributed by atoms with Crippen LogP contribution in [0.5, 0.6) is 0 Å². The van der Waals surface area contributed by atoms with Crippen molar-refractivity contribution in [3.63, 3.8) is 0 Å². The number of hydrogen-bond donors (Lipinski definition) is 1. The largest absolute Gasteiger partial charge is 0.380 e. The topological polar surface area (TPSA) is 38.5 Å². The molecule has 1 unspecified atom stereocenters. The zero-order valence-electron chi connectivity index (χ0n) is 9.25. The molecule has 3 heteroatoms. The van der Waals surface area contributed by atoms with E-state index in [9.17, 15) is 0 Å². The minimum Gasteiger partial charge on any atom is -0.380 e. The van der Waals surface area contributed by atoms with Crippen molar-refractivity contribution in [2.75, 3.05) is 33.3 Å². The summed E-state index contributed by atoms with van der Waals surface area (Å²) in [4.78, 5) is 2.43. The lowest BCUT2D eigenvalue weighted by atomic mass is 10.2. The summed E-state index contributed by atoms with van der Waals surface area (Å²) in [6.07, 6.45) is 2.49. The molecule has 0 saturated heterocycles. The van der Waals surface area contributed by atoms with Crippen LogP contribution in [0, 0.1) is 0 Å². The van der Waals surface area contributed by atoms with Crippen molar-refractivity contribution >= 4 is 0 Å². The van der Waals surface area contributed by atoms with Crippen molar-refractivity contribution in [2.45, 2.75) is 32.8 Å². The van der Waals surface area contributed by atoms with Crippen LogP contribution in [0.3, 0.4) is 0 Å². The van der Waals surface area contributed by atoms with Crippen molar-refractivity contribution in [2.24, 2.45) is 5.73 Å². The van der Waals surface area contributed by atoms with E-state index in [-0.39, 0.29) is 6.10 Å². The summed E-state index contributed by atoms with van der Waals surface area (Å²) in [6.45, 7) is 8.42. The number of nitrogens with zero attached hydrogens (tertiary/aromatic N) is 1. The first kappa shape index (κ1) is 12.9. The molecule has 0 fully saturated rings. The second-order valence-corrected chi connectivity index (χ2v) is 3.32. The van der Waals surface area contributed by atoms with Gasteiger partial charge in [-0.25, -0.2) is 0 Å². The number of ether oxygens (including phenoxy) is 1. The van der Waals surface area contributed by atoms with E-state index in [2.05, 4.69) is 18.7 Å². The van der Waals surface area contributed by atoms with Gasteiger partial charge in [0.05, 0.1) is 6.10 Å². The monoisotopic (exact) mass is 188 g/mol. The molecule has 0 aromatic heterocycles. The number of nitrogens with two attached hydrogens (primary N) is 1. The molecule has 0 saturated carbocycles. The lowest BCUT2D eigenvalue weighted by Gasteiger charge is -2.22. The van der Waals surface area contributed by atoms with Crippen LogP contribution in [0.25, 0.3) is 0 Å². The summed E-state index contributed by atoms with van der Waals surface area (Å²) in [7, 11) is 1.73. The maximum absolute atomic E-state index is 5.54. The van der Waals surface area contributed by atoms with Crippen LogP contribution in [0.1, 0.15) is 26.7 Å².